The van der Waals surface area contributed by atoms with Crippen molar-refractivity contribution in [2.24, 2.45) is 4.99 Å². The van der Waals surface area contributed by atoms with Gasteiger partial charge in [-0.15, -0.1) is 35.3 Å². The molecule has 21 heavy (non-hydrogen) atoms. The van der Waals surface area contributed by atoms with E-state index in [0.717, 1.165) is 30.5 Å². The first-order chi connectivity index (χ1) is 9.47. The van der Waals surface area contributed by atoms with Crippen LogP contribution >= 0.6 is 35.3 Å². The Morgan fingerprint density at radius 3 is 2.52 bits per heavy atom. The van der Waals surface area contributed by atoms with E-state index < -0.39 is 0 Å². The van der Waals surface area contributed by atoms with Crippen molar-refractivity contribution in [1.82, 2.24) is 15.6 Å². The second kappa shape index (κ2) is 10.3. The third-order valence-electron chi connectivity index (χ3n) is 2.77. The predicted molar refractivity (Wildman–Crippen MR) is 101 cm³/mol. The van der Waals surface area contributed by atoms with Crippen LogP contribution in [-0.4, -0.2) is 44.8 Å². The molecule has 0 radical (unpaired) electrons. The van der Waals surface area contributed by atoms with Crippen molar-refractivity contribution in [3.05, 3.63) is 16.1 Å². The number of aliphatic imine (C=N–C) groups is 1. The van der Waals surface area contributed by atoms with Crippen molar-refractivity contribution in [1.29, 1.82) is 0 Å². The number of hydrogen-bond donors (Lipinski definition) is 2. The van der Waals surface area contributed by atoms with Crippen LogP contribution in [0, 0.1) is 0 Å². The predicted octanol–water partition coefficient (Wildman–Crippen LogP) is 2.41. The molecule has 0 saturated heterocycles. The Balaban J connectivity index is 0.00000400. The number of methoxy groups -OCH3 is 1. The molecule has 0 fully saturated rings. The van der Waals surface area contributed by atoms with Crippen LogP contribution in [-0.2, 0) is 16.6 Å². The van der Waals surface area contributed by atoms with Crippen molar-refractivity contribution >= 4 is 41.3 Å². The summed E-state index contributed by atoms with van der Waals surface area (Å²) in [5, 5.41) is 9.77. The monoisotopic (exact) mass is 426 g/mol. The van der Waals surface area contributed by atoms with Gasteiger partial charge in [-0.2, -0.15) is 0 Å². The number of nitrogens with zero attached hydrogens (tertiary/aromatic N) is 2. The third-order valence-corrected chi connectivity index (χ3v) is 3.68. The Bertz CT molecular complexity index is 429. The third kappa shape index (κ3) is 7.96. The quantitative estimate of drug-likeness (QED) is 0.318. The Morgan fingerprint density at radius 1 is 1.33 bits per heavy atom. The highest BCUT2D eigenvalue weighted by molar-refractivity contribution is 14.0. The fourth-order valence-corrected chi connectivity index (χ4v) is 2.58. The number of halogens is 1. The van der Waals surface area contributed by atoms with Crippen LogP contribution in [0.5, 0.6) is 0 Å². The normalized spacial score (nSPS) is 12.0. The summed E-state index contributed by atoms with van der Waals surface area (Å²) in [6.45, 7) is 8.80. The molecule has 0 aliphatic heterocycles. The van der Waals surface area contributed by atoms with E-state index in [4.69, 9.17) is 4.74 Å². The molecule has 1 aromatic heterocycles. The first kappa shape index (κ1) is 20.6. The number of ether oxygens (including phenoxy) is 1. The molecular formula is C14H27IN4OS. The maximum atomic E-state index is 4.99. The standard InChI is InChI=1S/C14H26N4OS.HI/c1-14(2,3)11-10-20-12(18-11)6-7-16-13(15-4)17-8-9-19-5;/h10H,6-9H2,1-5H3,(H2,15,16,17);1H. The zero-order valence-corrected chi connectivity index (χ0v) is 16.7. The fraction of sp³-hybridized carbons (Fsp3) is 0.714. The number of guanidine groups is 1. The second-order valence-corrected chi connectivity index (χ2v) is 6.49. The van der Waals surface area contributed by atoms with Crippen LogP contribution in [0.2, 0.25) is 0 Å². The highest BCUT2D eigenvalue weighted by Crippen LogP contribution is 2.23. The number of hydrogen-bond acceptors (Lipinski definition) is 4. The molecule has 0 saturated carbocycles. The Labute approximate surface area is 149 Å². The van der Waals surface area contributed by atoms with E-state index in [2.05, 4.69) is 46.8 Å². The molecule has 0 amide bonds. The molecule has 1 heterocycles. The van der Waals surface area contributed by atoms with Gasteiger partial charge in [-0.25, -0.2) is 4.98 Å². The molecule has 5 nitrogen and oxygen atoms in total. The van der Waals surface area contributed by atoms with Gasteiger partial charge in [-0.05, 0) is 0 Å². The van der Waals surface area contributed by atoms with Gasteiger partial charge >= 0.3 is 0 Å². The second-order valence-electron chi connectivity index (χ2n) is 5.55. The van der Waals surface area contributed by atoms with Gasteiger partial charge in [-0.3, -0.25) is 4.99 Å². The van der Waals surface area contributed by atoms with Gasteiger partial charge in [0.15, 0.2) is 5.96 Å². The lowest BCUT2D eigenvalue weighted by atomic mass is 9.93. The van der Waals surface area contributed by atoms with Crippen LogP contribution in [0.25, 0.3) is 0 Å². The van der Waals surface area contributed by atoms with Crippen LogP contribution < -0.4 is 10.6 Å². The Kier molecular flexibility index (Phi) is 10.1. The Hall–Kier alpha value is -0.410. The molecule has 122 valence electrons. The topological polar surface area (TPSA) is 58.5 Å². The minimum atomic E-state index is 0. The molecule has 0 bridgehead atoms. The molecule has 0 aliphatic carbocycles. The maximum absolute atomic E-state index is 4.99. The molecule has 0 unspecified atom stereocenters. The van der Waals surface area contributed by atoms with Crippen LogP contribution in [0.15, 0.2) is 10.4 Å². The molecule has 0 atom stereocenters. The average molecular weight is 426 g/mol. The van der Waals surface area contributed by atoms with Gasteiger partial charge in [0.05, 0.1) is 17.3 Å². The van der Waals surface area contributed by atoms with Crippen molar-refractivity contribution in [3.63, 3.8) is 0 Å². The van der Waals surface area contributed by atoms with Gasteiger partial charge < -0.3 is 15.4 Å². The summed E-state index contributed by atoms with van der Waals surface area (Å²) in [5.74, 6) is 0.801. The fourth-order valence-electron chi connectivity index (χ4n) is 1.55. The van der Waals surface area contributed by atoms with E-state index >= 15 is 0 Å². The number of nitrogens with one attached hydrogen (secondary N) is 2. The lowest BCUT2D eigenvalue weighted by Gasteiger charge is -2.14. The summed E-state index contributed by atoms with van der Waals surface area (Å²) in [4.78, 5) is 8.84. The van der Waals surface area contributed by atoms with E-state index in [0.29, 0.717) is 6.61 Å². The van der Waals surface area contributed by atoms with Gasteiger partial charge in [0.1, 0.15) is 0 Å². The minimum Gasteiger partial charge on any atom is -0.383 e. The average Bonchev–Trinajstić information content (AvgIpc) is 2.86. The Morgan fingerprint density at radius 2 is 2.00 bits per heavy atom. The summed E-state index contributed by atoms with van der Waals surface area (Å²) in [7, 11) is 3.45. The summed E-state index contributed by atoms with van der Waals surface area (Å²) in [6, 6.07) is 0. The van der Waals surface area contributed by atoms with Gasteiger partial charge in [0.25, 0.3) is 0 Å². The minimum absolute atomic E-state index is 0. The molecule has 0 spiro atoms. The molecule has 7 heteroatoms. The highest BCUT2D eigenvalue weighted by Gasteiger charge is 2.17. The summed E-state index contributed by atoms with van der Waals surface area (Å²) >= 11 is 1.73. The van der Waals surface area contributed by atoms with E-state index in [-0.39, 0.29) is 29.4 Å². The summed E-state index contributed by atoms with van der Waals surface area (Å²) in [6.07, 6.45) is 0.908. The van der Waals surface area contributed by atoms with Crippen molar-refractivity contribution in [2.75, 3.05) is 33.9 Å². The molecule has 0 aliphatic rings. The van der Waals surface area contributed by atoms with Gasteiger partial charge in [0.2, 0.25) is 0 Å². The number of aromatic nitrogens is 1. The van der Waals surface area contributed by atoms with Crippen LogP contribution in [0.4, 0.5) is 0 Å². The molecule has 1 rings (SSSR count). The molecule has 2 N–H and O–H groups in total. The van der Waals surface area contributed by atoms with Crippen LogP contribution in [0.3, 0.4) is 0 Å². The summed E-state index contributed by atoms with van der Waals surface area (Å²) in [5.41, 5.74) is 1.29. The maximum Gasteiger partial charge on any atom is 0.191 e. The largest absolute Gasteiger partial charge is 0.383 e. The van der Waals surface area contributed by atoms with Crippen molar-refractivity contribution in [3.8, 4) is 0 Å². The first-order valence-electron chi connectivity index (χ1n) is 6.85. The smallest absolute Gasteiger partial charge is 0.191 e. The van der Waals surface area contributed by atoms with E-state index in [9.17, 15) is 0 Å². The number of rotatable bonds is 6. The van der Waals surface area contributed by atoms with Gasteiger partial charge in [-0.1, -0.05) is 20.8 Å². The van der Waals surface area contributed by atoms with Gasteiger partial charge in [0, 0.05) is 44.5 Å². The SMILES string of the molecule is CN=C(NCCOC)NCCc1nc(C(C)(C)C)cs1.I. The molecular weight excluding hydrogens is 399 g/mol. The lowest BCUT2D eigenvalue weighted by Crippen LogP contribution is -2.39. The van der Waals surface area contributed by atoms with E-state index in [1.54, 1.807) is 25.5 Å². The first-order valence-corrected chi connectivity index (χ1v) is 7.73. The van der Waals surface area contributed by atoms with Crippen molar-refractivity contribution in [2.45, 2.75) is 32.6 Å². The van der Waals surface area contributed by atoms with E-state index in [1.807, 2.05) is 0 Å². The molecule has 0 aromatic carbocycles. The van der Waals surface area contributed by atoms with Crippen molar-refractivity contribution < 1.29 is 4.74 Å². The zero-order chi connectivity index (χ0) is 15.0. The highest BCUT2D eigenvalue weighted by atomic mass is 127. The molecule has 1 aromatic rings. The summed E-state index contributed by atoms with van der Waals surface area (Å²) < 4.78 is 4.99. The van der Waals surface area contributed by atoms with E-state index in [1.165, 1.54) is 5.69 Å². The lowest BCUT2D eigenvalue weighted by molar-refractivity contribution is 0.203. The zero-order valence-electron chi connectivity index (χ0n) is 13.5. The van der Waals surface area contributed by atoms with Crippen LogP contribution in [0.1, 0.15) is 31.5 Å². The number of thiazole rings is 1.